The fourth-order valence-electron chi connectivity index (χ4n) is 2.63. The zero-order valence-corrected chi connectivity index (χ0v) is 16.7. The van der Waals surface area contributed by atoms with Crippen molar-refractivity contribution in [1.29, 1.82) is 0 Å². The van der Waals surface area contributed by atoms with Crippen LogP contribution in [0.15, 0.2) is 54.6 Å². The number of rotatable bonds is 8. The fraction of sp³-hybridized carbons (Fsp3) is 0.190. The summed E-state index contributed by atoms with van der Waals surface area (Å²) >= 11 is 0. The summed E-state index contributed by atoms with van der Waals surface area (Å²) in [6.45, 7) is 2.62. The van der Waals surface area contributed by atoms with E-state index >= 15 is 0 Å². The SMILES string of the molecule is COc1ccc(Nc2cc(C)nc(NCCNC(=O)Nc3cccc(F)c3)n2)cc1. The van der Waals surface area contributed by atoms with Crippen LogP contribution in [-0.2, 0) is 0 Å². The number of anilines is 4. The molecular formula is C21H23FN6O2. The molecule has 1 heterocycles. The molecule has 4 N–H and O–H groups in total. The van der Waals surface area contributed by atoms with Crippen LogP contribution in [0.25, 0.3) is 0 Å². The third-order valence-electron chi connectivity index (χ3n) is 3.99. The smallest absolute Gasteiger partial charge is 0.319 e. The number of carbonyl (C=O) groups excluding carboxylic acids is 1. The molecule has 1 aromatic heterocycles. The van der Waals surface area contributed by atoms with Crippen LogP contribution in [0.5, 0.6) is 5.75 Å². The highest BCUT2D eigenvalue weighted by Crippen LogP contribution is 2.19. The minimum Gasteiger partial charge on any atom is -0.497 e. The van der Waals surface area contributed by atoms with Gasteiger partial charge in [0.05, 0.1) is 7.11 Å². The molecule has 0 spiro atoms. The molecule has 0 radical (unpaired) electrons. The van der Waals surface area contributed by atoms with E-state index in [0.29, 0.717) is 30.5 Å². The van der Waals surface area contributed by atoms with Crippen molar-refractivity contribution in [3.8, 4) is 5.75 Å². The summed E-state index contributed by atoms with van der Waals surface area (Å²) in [5.74, 6) is 1.45. The highest BCUT2D eigenvalue weighted by atomic mass is 19.1. The zero-order chi connectivity index (χ0) is 21.3. The van der Waals surface area contributed by atoms with Gasteiger partial charge in [-0.25, -0.2) is 14.2 Å². The normalized spacial score (nSPS) is 10.2. The van der Waals surface area contributed by atoms with Crippen molar-refractivity contribution in [3.05, 3.63) is 66.1 Å². The van der Waals surface area contributed by atoms with Gasteiger partial charge >= 0.3 is 6.03 Å². The number of aromatic nitrogens is 2. The molecule has 2 aromatic carbocycles. The molecule has 9 heteroatoms. The van der Waals surface area contributed by atoms with Crippen LogP contribution >= 0.6 is 0 Å². The molecular weight excluding hydrogens is 387 g/mol. The molecule has 8 nitrogen and oxygen atoms in total. The number of hydrogen-bond acceptors (Lipinski definition) is 6. The molecule has 0 atom stereocenters. The Labute approximate surface area is 173 Å². The van der Waals surface area contributed by atoms with Gasteiger partial charge in [-0.05, 0) is 49.4 Å². The second-order valence-electron chi connectivity index (χ2n) is 6.39. The number of nitrogens with zero attached hydrogens (tertiary/aromatic N) is 2. The Morgan fingerprint density at radius 1 is 1.03 bits per heavy atom. The maximum absolute atomic E-state index is 13.1. The Morgan fingerprint density at radius 3 is 2.57 bits per heavy atom. The van der Waals surface area contributed by atoms with E-state index in [1.54, 1.807) is 13.2 Å². The standard InChI is InChI=1S/C21H23FN6O2/c1-14-12-19(26-16-6-8-18(30-2)9-7-16)28-20(25-14)23-10-11-24-21(29)27-17-5-3-4-15(22)13-17/h3-9,12-13H,10-11H2,1-2H3,(H2,24,27,29)(H2,23,25,26,28). The molecule has 156 valence electrons. The lowest BCUT2D eigenvalue weighted by Crippen LogP contribution is -2.32. The molecule has 3 rings (SSSR count). The average Bonchev–Trinajstić information content (AvgIpc) is 2.71. The third kappa shape index (κ3) is 6.33. The highest BCUT2D eigenvalue weighted by Gasteiger charge is 2.05. The van der Waals surface area contributed by atoms with Crippen LogP contribution in [0.4, 0.5) is 32.3 Å². The number of amides is 2. The first kappa shape index (κ1) is 20.8. The number of urea groups is 1. The number of ether oxygens (including phenoxy) is 1. The molecule has 3 aromatic rings. The van der Waals surface area contributed by atoms with E-state index in [1.807, 2.05) is 37.3 Å². The van der Waals surface area contributed by atoms with Crippen LogP contribution in [0.3, 0.4) is 0 Å². The molecule has 2 amide bonds. The van der Waals surface area contributed by atoms with Gasteiger partial charge in [0.2, 0.25) is 5.95 Å². The number of halogens is 1. The summed E-state index contributed by atoms with van der Waals surface area (Å²) in [5, 5.41) is 11.5. The molecule has 0 saturated heterocycles. The van der Waals surface area contributed by atoms with Crippen molar-refractivity contribution in [2.75, 3.05) is 36.1 Å². The molecule has 0 fully saturated rings. The Kier molecular flexibility index (Phi) is 6.99. The van der Waals surface area contributed by atoms with Gasteiger partial charge in [-0.15, -0.1) is 0 Å². The van der Waals surface area contributed by atoms with Crippen LogP contribution < -0.4 is 26.0 Å². The van der Waals surface area contributed by atoms with E-state index in [9.17, 15) is 9.18 Å². The van der Waals surface area contributed by atoms with Crippen molar-refractivity contribution >= 4 is 29.2 Å². The number of nitrogens with one attached hydrogen (secondary N) is 4. The first-order valence-electron chi connectivity index (χ1n) is 9.33. The summed E-state index contributed by atoms with van der Waals surface area (Å²) in [6, 6.07) is 14.6. The van der Waals surface area contributed by atoms with Gasteiger partial charge in [-0.1, -0.05) is 6.07 Å². The molecule has 0 bridgehead atoms. The zero-order valence-electron chi connectivity index (χ0n) is 16.7. The molecule has 0 aliphatic carbocycles. The van der Waals surface area contributed by atoms with E-state index in [1.165, 1.54) is 18.2 Å². The molecule has 0 unspecified atom stereocenters. The van der Waals surface area contributed by atoms with Crippen molar-refractivity contribution in [2.24, 2.45) is 0 Å². The van der Waals surface area contributed by atoms with E-state index in [0.717, 1.165) is 17.1 Å². The van der Waals surface area contributed by atoms with Crippen molar-refractivity contribution in [2.45, 2.75) is 6.92 Å². The minimum atomic E-state index is -0.422. The van der Waals surface area contributed by atoms with E-state index in [2.05, 4.69) is 31.2 Å². The van der Waals surface area contributed by atoms with Gasteiger partial charge in [-0.2, -0.15) is 4.98 Å². The number of methoxy groups -OCH3 is 1. The van der Waals surface area contributed by atoms with E-state index in [-0.39, 0.29) is 0 Å². The molecule has 0 saturated carbocycles. The Morgan fingerprint density at radius 2 is 1.83 bits per heavy atom. The van der Waals surface area contributed by atoms with Crippen LogP contribution in [0.2, 0.25) is 0 Å². The van der Waals surface area contributed by atoms with Crippen molar-refractivity contribution < 1.29 is 13.9 Å². The van der Waals surface area contributed by atoms with Crippen LogP contribution in [-0.4, -0.2) is 36.2 Å². The van der Waals surface area contributed by atoms with Gasteiger partial charge in [0.1, 0.15) is 17.4 Å². The number of carbonyl (C=O) groups is 1. The Bertz CT molecular complexity index is 997. The predicted octanol–water partition coefficient (Wildman–Crippen LogP) is 3.91. The second kappa shape index (κ2) is 10.1. The van der Waals surface area contributed by atoms with E-state index in [4.69, 9.17) is 4.74 Å². The summed E-state index contributed by atoms with van der Waals surface area (Å²) in [7, 11) is 1.62. The van der Waals surface area contributed by atoms with Crippen LogP contribution in [0, 0.1) is 12.7 Å². The summed E-state index contributed by atoms with van der Waals surface area (Å²) < 4.78 is 18.3. The summed E-state index contributed by atoms with van der Waals surface area (Å²) in [4.78, 5) is 20.6. The monoisotopic (exact) mass is 410 g/mol. The maximum atomic E-state index is 13.1. The number of hydrogen-bond donors (Lipinski definition) is 4. The first-order chi connectivity index (χ1) is 14.5. The minimum absolute atomic E-state index is 0.333. The topological polar surface area (TPSA) is 100 Å². The van der Waals surface area contributed by atoms with E-state index < -0.39 is 11.8 Å². The van der Waals surface area contributed by atoms with Gasteiger partial charge in [-0.3, -0.25) is 0 Å². The molecule has 0 aliphatic heterocycles. The maximum Gasteiger partial charge on any atom is 0.319 e. The Hall–Kier alpha value is -3.88. The first-order valence-corrected chi connectivity index (χ1v) is 9.33. The number of benzene rings is 2. The lowest BCUT2D eigenvalue weighted by atomic mass is 10.3. The van der Waals surface area contributed by atoms with Gasteiger partial charge in [0.15, 0.2) is 0 Å². The van der Waals surface area contributed by atoms with Gasteiger partial charge in [0, 0.05) is 36.2 Å². The number of aryl methyl sites for hydroxylation is 1. The van der Waals surface area contributed by atoms with Crippen molar-refractivity contribution in [3.63, 3.8) is 0 Å². The van der Waals surface area contributed by atoms with Crippen LogP contribution in [0.1, 0.15) is 5.69 Å². The van der Waals surface area contributed by atoms with Gasteiger partial charge in [0.25, 0.3) is 0 Å². The average molecular weight is 410 g/mol. The largest absolute Gasteiger partial charge is 0.497 e. The second-order valence-corrected chi connectivity index (χ2v) is 6.39. The molecule has 0 aliphatic rings. The fourth-order valence-corrected chi connectivity index (χ4v) is 2.63. The summed E-state index contributed by atoms with van der Waals surface area (Å²) in [5.41, 5.74) is 2.05. The lowest BCUT2D eigenvalue weighted by Gasteiger charge is -2.11. The Balaban J connectivity index is 1.48. The quantitative estimate of drug-likeness (QED) is 0.420. The lowest BCUT2D eigenvalue weighted by molar-refractivity contribution is 0.252. The van der Waals surface area contributed by atoms with Crippen molar-refractivity contribution in [1.82, 2.24) is 15.3 Å². The molecule has 30 heavy (non-hydrogen) atoms. The summed E-state index contributed by atoms with van der Waals surface area (Å²) in [6.07, 6.45) is 0. The third-order valence-corrected chi connectivity index (χ3v) is 3.99. The predicted molar refractivity (Wildman–Crippen MR) is 115 cm³/mol. The highest BCUT2D eigenvalue weighted by molar-refractivity contribution is 5.89. The van der Waals surface area contributed by atoms with Gasteiger partial charge < -0.3 is 26.0 Å².